The van der Waals surface area contributed by atoms with E-state index in [-0.39, 0.29) is 24.8 Å². The molecule has 4 aromatic rings. The van der Waals surface area contributed by atoms with Crippen LogP contribution in [-0.4, -0.2) is 29.0 Å². The van der Waals surface area contributed by atoms with E-state index in [1.165, 1.54) is 4.57 Å². The molecule has 3 aromatic heterocycles. The molecule has 172 valence electrons. The SMILES string of the molecule is Cc1cc(C(=O)Cn2c(=O)c3c(ncn3CC(C)C)n(Cc3ccccc3)c2=O)c(C)n1C. The Labute approximate surface area is 191 Å². The van der Waals surface area contributed by atoms with Gasteiger partial charge in [-0.15, -0.1) is 0 Å². The molecular weight excluding hydrogens is 418 g/mol. The van der Waals surface area contributed by atoms with Gasteiger partial charge in [-0.1, -0.05) is 44.2 Å². The third-order valence-corrected chi connectivity index (χ3v) is 6.11. The molecule has 0 fully saturated rings. The Kier molecular flexibility index (Phi) is 5.93. The normalized spacial score (nSPS) is 11.6. The van der Waals surface area contributed by atoms with Crippen molar-refractivity contribution < 1.29 is 4.79 Å². The van der Waals surface area contributed by atoms with Crippen LogP contribution in [0.25, 0.3) is 11.2 Å². The van der Waals surface area contributed by atoms with Crippen molar-refractivity contribution in [3.05, 3.63) is 86.1 Å². The molecule has 0 aliphatic rings. The molecule has 33 heavy (non-hydrogen) atoms. The van der Waals surface area contributed by atoms with Crippen LogP contribution in [0.2, 0.25) is 0 Å². The Hall–Kier alpha value is -3.68. The molecule has 0 bridgehead atoms. The van der Waals surface area contributed by atoms with E-state index in [4.69, 9.17) is 0 Å². The number of Topliss-reactive ketones (excluding diaryl/α,β-unsaturated/α-hetero) is 1. The van der Waals surface area contributed by atoms with Crippen LogP contribution in [-0.2, 0) is 26.7 Å². The average Bonchev–Trinajstić information content (AvgIpc) is 3.30. The number of aromatic nitrogens is 5. The number of hydrogen-bond acceptors (Lipinski definition) is 4. The van der Waals surface area contributed by atoms with E-state index in [9.17, 15) is 14.4 Å². The lowest BCUT2D eigenvalue weighted by atomic mass is 10.1. The molecule has 0 saturated heterocycles. The highest BCUT2D eigenvalue weighted by Gasteiger charge is 2.22. The molecule has 1 aromatic carbocycles. The van der Waals surface area contributed by atoms with Gasteiger partial charge >= 0.3 is 5.69 Å². The molecule has 3 heterocycles. The van der Waals surface area contributed by atoms with Crippen molar-refractivity contribution in [3.63, 3.8) is 0 Å². The Morgan fingerprint density at radius 1 is 1.06 bits per heavy atom. The van der Waals surface area contributed by atoms with Gasteiger partial charge in [0.1, 0.15) is 0 Å². The number of imidazole rings is 1. The summed E-state index contributed by atoms with van der Waals surface area (Å²) in [5.41, 5.74) is 2.83. The molecule has 8 nitrogen and oxygen atoms in total. The molecule has 8 heteroatoms. The van der Waals surface area contributed by atoms with E-state index in [1.54, 1.807) is 17.0 Å². The molecular formula is C25H29N5O3. The number of aryl methyl sites for hydroxylation is 1. The summed E-state index contributed by atoms with van der Waals surface area (Å²) >= 11 is 0. The zero-order valence-electron chi connectivity index (χ0n) is 19.7. The fourth-order valence-electron chi connectivity index (χ4n) is 4.18. The van der Waals surface area contributed by atoms with E-state index in [1.807, 2.05) is 69.6 Å². The monoisotopic (exact) mass is 447 g/mol. The van der Waals surface area contributed by atoms with Gasteiger partial charge in [0.25, 0.3) is 5.56 Å². The molecule has 0 aliphatic carbocycles. The van der Waals surface area contributed by atoms with Crippen LogP contribution < -0.4 is 11.2 Å². The van der Waals surface area contributed by atoms with Gasteiger partial charge in [-0.25, -0.2) is 9.78 Å². The third kappa shape index (κ3) is 4.08. The smallest absolute Gasteiger partial charge is 0.333 e. The number of nitrogens with zero attached hydrogens (tertiary/aromatic N) is 5. The molecule has 0 aliphatic heterocycles. The topological polar surface area (TPSA) is 83.8 Å². The Morgan fingerprint density at radius 3 is 2.36 bits per heavy atom. The molecule has 0 N–H and O–H groups in total. The fraction of sp³-hybridized carbons (Fsp3) is 0.360. The zero-order valence-corrected chi connectivity index (χ0v) is 19.7. The number of rotatable bonds is 7. The molecule has 4 rings (SSSR count). The molecule has 0 saturated carbocycles. The zero-order chi connectivity index (χ0) is 23.9. The van der Waals surface area contributed by atoms with Crippen LogP contribution in [0.5, 0.6) is 0 Å². The van der Waals surface area contributed by atoms with Gasteiger partial charge < -0.3 is 9.13 Å². The maximum Gasteiger partial charge on any atom is 0.333 e. The Bertz CT molecular complexity index is 1450. The van der Waals surface area contributed by atoms with E-state index < -0.39 is 11.2 Å². The van der Waals surface area contributed by atoms with E-state index >= 15 is 0 Å². The minimum Gasteiger partial charge on any atom is -0.351 e. The number of fused-ring (bicyclic) bond motifs is 1. The first kappa shape index (κ1) is 22.5. The summed E-state index contributed by atoms with van der Waals surface area (Å²) in [6, 6.07) is 11.3. The Morgan fingerprint density at radius 2 is 1.76 bits per heavy atom. The van der Waals surface area contributed by atoms with Gasteiger partial charge in [0, 0.05) is 30.5 Å². The van der Waals surface area contributed by atoms with Crippen molar-refractivity contribution in [2.24, 2.45) is 13.0 Å². The second-order valence-corrected chi connectivity index (χ2v) is 8.98. The Balaban J connectivity index is 1.89. The molecule has 0 atom stereocenters. The predicted octanol–water partition coefficient (Wildman–Crippen LogP) is 2.90. The highest BCUT2D eigenvalue weighted by molar-refractivity contribution is 5.97. The molecule has 0 radical (unpaired) electrons. The summed E-state index contributed by atoms with van der Waals surface area (Å²) < 4.78 is 6.24. The lowest BCUT2D eigenvalue weighted by Gasteiger charge is -2.13. The van der Waals surface area contributed by atoms with Crippen molar-refractivity contribution in [2.45, 2.75) is 47.3 Å². The van der Waals surface area contributed by atoms with Crippen LogP contribution in [0.1, 0.15) is 41.2 Å². The lowest BCUT2D eigenvalue weighted by molar-refractivity contribution is 0.0968. The molecule has 0 unspecified atom stereocenters. The summed E-state index contributed by atoms with van der Waals surface area (Å²) in [6.45, 7) is 8.40. The maximum atomic E-state index is 13.5. The van der Waals surface area contributed by atoms with Gasteiger partial charge in [-0.3, -0.25) is 18.7 Å². The lowest BCUT2D eigenvalue weighted by Crippen LogP contribution is -2.42. The molecule has 0 amide bonds. The highest BCUT2D eigenvalue weighted by atomic mass is 16.2. The average molecular weight is 448 g/mol. The number of ketones is 1. The highest BCUT2D eigenvalue weighted by Crippen LogP contribution is 2.15. The quantitative estimate of drug-likeness (QED) is 0.408. The van der Waals surface area contributed by atoms with Gasteiger partial charge in [0.05, 0.1) is 19.4 Å². The van der Waals surface area contributed by atoms with E-state index in [2.05, 4.69) is 4.98 Å². The van der Waals surface area contributed by atoms with Crippen LogP contribution in [0, 0.1) is 19.8 Å². The van der Waals surface area contributed by atoms with Gasteiger partial charge in [0.15, 0.2) is 16.9 Å². The summed E-state index contributed by atoms with van der Waals surface area (Å²) in [5, 5.41) is 0. The van der Waals surface area contributed by atoms with Gasteiger partial charge in [-0.05, 0) is 31.4 Å². The summed E-state index contributed by atoms with van der Waals surface area (Å²) in [4.78, 5) is 44.5. The number of benzene rings is 1. The van der Waals surface area contributed by atoms with Crippen molar-refractivity contribution in [1.29, 1.82) is 0 Å². The first-order valence-corrected chi connectivity index (χ1v) is 11.1. The van der Waals surface area contributed by atoms with E-state index in [0.717, 1.165) is 21.5 Å². The van der Waals surface area contributed by atoms with Crippen molar-refractivity contribution in [2.75, 3.05) is 0 Å². The number of carbonyl (C=O) groups is 1. The summed E-state index contributed by atoms with van der Waals surface area (Å²) in [6.07, 6.45) is 1.60. The van der Waals surface area contributed by atoms with Crippen LogP contribution in [0.15, 0.2) is 52.3 Å². The minimum atomic E-state index is -0.537. The maximum absolute atomic E-state index is 13.5. The number of carbonyl (C=O) groups excluding carboxylic acids is 1. The van der Waals surface area contributed by atoms with Gasteiger partial charge in [0.2, 0.25) is 0 Å². The van der Waals surface area contributed by atoms with Crippen molar-refractivity contribution in [3.8, 4) is 0 Å². The molecule has 0 spiro atoms. The number of hydrogen-bond donors (Lipinski definition) is 0. The second kappa shape index (κ2) is 8.69. The predicted molar refractivity (Wildman–Crippen MR) is 128 cm³/mol. The largest absolute Gasteiger partial charge is 0.351 e. The van der Waals surface area contributed by atoms with Crippen molar-refractivity contribution in [1.82, 2.24) is 23.3 Å². The first-order chi connectivity index (χ1) is 15.7. The minimum absolute atomic E-state index is 0.257. The van der Waals surface area contributed by atoms with Crippen LogP contribution in [0.3, 0.4) is 0 Å². The fourth-order valence-corrected chi connectivity index (χ4v) is 4.18. The van der Waals surface area contributed by atoms with Crippen LogP contribution in [0.4, 0.5) is 0 Å². The first-order valence-electron chi connectivity index (χ1n) is 11.1. The van der Waals surface area contributed by atoms with E-state index in [0.29, 0.717) is 23.3 Å². The second-order valence-electron chi connectivity index (χ2n) is 8.98. The third-order valence-electron chi connectivity index (χ3n) is 6.11. The summed E-state index contributed by atoms with van der Waals surface area (Å²) in [5.74, 6) is 0.0114. The standard InChI is InChI=1S/C25H29N5O3/c1-16(2)12-28-15-26-23-22(28)24(32)30(14-21(31)20-11-17(3)27(5)18(20)4)25(33)29(23)13-19-9-7-6-8-10-19/h6-11,15-16H,12-14H2,1-5H3. The summed E-state index contributed by atoms with van der Waals surface area (Å²) in [7, 11) is 1.89. The van der Waals surface area contributed by atoms with Crippen LogP contribution >= 0.6 is 0 Å². The van der Waals surface area contributed by atoms with Crippen molar-refractivity contribution >= 4 is 16.9 Å². The van der Waals surface area contributed by atoms with Gasteiger partial charge in [-0.2, -0.15) is 0 Å².